The molecule has 0 amide bonds. The molecular weight excluding hydrogens is 324 g/mol. The summed E-state index contributed by atoms with van der Waals surface area (Å²) >= 11 is 1.64. The van der Waals surface area contributed by atoms with Crippen LogP contribution in [-0.4, -0.2) is 48.4 Å². The molecule has 0 aromatic carbocycles. The van der Waals surface area contributed by atoms with Crippen molar-refractivity contribution < 1.29 is 13.9 Å². The monoisotopic (exact) mass is 348 g/mol. The van der Waals surface area contributed by atoms with Gasteiger partial charge in [-0.15, -0.1) is 11.3 Å². The minimum Gasteiger partial charge on any atom is -0.462 e. The molecule has 130 valence electrons. The lowest BCUT2D eigenvalue weighted by Gasteiger charge is -2.26. The van der Waals surface area contributed by atoms with E-state index in [0.29, 0.717) is 12.2 Å². The van der Waals surface area contributed by atoms with Crippen molar-refractivity contribution in [3.63, 3.8) is 0 Å². The predicted octanol–water partition coefficient (Wildman–Crippen LogP) is 3.56. The number of hydrogen-bond donors (Lipinski definition) is 0. The van der Waals surface area contributed by atoms with E-state index in [2.05, 4.69) is 10.3 Å². The topological polar surface area (TPSA) is 47.7 Å². The molecule has 5 nitrogen and oxygen atoms in total. The highest BCUT2D eigenvalue weighted by molar-refractivity contribution is 7.13. The van der Waals surface area contributed by atoms with Crippen LogP contribution in [0.15, 0.2) is 28.2 Å². The van der Waals surface area contributed by atoms with Gasteiger partial charge in [0.2, 0.25) is 0 Å². The van der Waals surface area contributed by atoms with Gasteiger partial charge in [-0.3, -0.25) is 4.90 Å². The fourth-order valence-electron chi connectivity index (χ4n) is 3.48. The van der Waals surface area contributed by atoms with Crippen molar-refractivity contribution in [1.29, 1.82) is 0 Å². The number of hydrogen-bond acceptors (Lipinski definition) is 6. The molecule has 2 saturated heterocycles. The third-order valence-electron chi connectivity index (χ3n) is 4.64. The van der Waals surface area contributed by atoms with Crippen LogP contribution in [0.25, 0.3) is 10.8 Å². The summed E-state index contributed by atoms with van der Waals surface area (Å²) in [6.07, 6.45) is 7.09. The van der Waals surface area contributed by atoms with Crippen LogP contribution < -0.4 is 0 Å². The van der Waals surface area contributed by atoms with Crippen LogP contribution in [0.4, 0.5) is 0 Å². The number of rotatable bonds is 7. The maximum atomic E-state index is 5.83. The molecule has 0 N–H and O–H groups in total. The van der Waals surface area contributed by atoms with Gasteiger partial charge in [-0.25, -0.2) is 4.98 Å². The quantitative estimate of drug-likeness (QED) is 0.766. The summed E-state index contributed by atoms with van der Waals surface area (Å²) in [4.78, 5) is 7.19. The van der Waals surface area contributed by atoms with E-state index in [0.717, 1.165) is 62.2 Å². The van der Waals surface area contributed by atoms with E-state index >= 15 is 0 Å². The van der Waals surface area contributed by atoms with E-state index in [1.54, 1.807) is 17.6 Å². The van der Waals surface area contributed by atoms with E-state index in [4.69, 9.17) is 18.9 Å². The Kier molecular flexibility index (Phi) is 5.27. The summed E-state index contributed by atoms with van der Waals surface area (Å²) in [7, 11) is 0. The first-order valence-corrected chi connectivity index (χ1v) is 9.68. The van der Waals surface area contributed by atoms with Crippen molar-refractivity contribution in [2.75, 3.05) is 26.3 Å². The van der Waals surface area contributed by atoms with Crippen molar-refractivity contribution in [3.05, 3.63) is 29.5 Å². The summed E-state index contributed by atoms with van der Waals surface area (Å²) in [6, 6.07) is 3.86. The molecule has 2 aromatic heterocycles. The second-order valence-corrected chi connectivity index (χ2v) is 7.44. The van der Waals surface area contributed by atoms with Gasteiger partial charge < -0.3 is 13.9 Å². The van der Waals surface area contributed by atoms with Gasteiger partial charge in [-0.1, -0.05) is 0 Å². The van der Waals surface area contributed by atoms with Gasteiger partial charge in [0.25, 0.3) is 0 Å². The maximum Gasteiger partial charge on any atom is 0.162 e. The summed E-state index contributed by atoms with van der Waals surface area (Å²) in [6.45, 7) is 4.58. The molecule has 0 radical (unpaired) electrons. The summed E-state index contributed by atoms with van der Waals surface area (Å²) in [5, 5.41) is 3.08. The Morgan fingerprint density at radius 2 is 1.88 bits per heavy atom. The molecule has 4 rings (SSSR count). The molecule has 2 aromatic rings. The normalized spacial score (nSPS) is 24.2. The van der Waals surface area contributed by atoms with Crippen LogP contribution in [0, 0.1) is 0 Å². The van der Waals surface area contributed by atoms with Crippen molar-refractivity contribution in [3.8, 4) is 10.8 Å². The molecule has 2 aliphatic heterocycles. The lowest BCUT2D eigenvalue weighted by Crippen LogP contribution is -2.37. The largest absolute Gasteiger partial charge is 0.462 e. The first-order chi connectivity index (χ1) is 11.9. The summed E-state index contributed by atoms with van der Waals surface area (Å²) in [5.41, 5.74) is 1.10. The van der Waals surface area contributed by atoms with Crippen LogP contribution in [0.3, 0.4) is 0 Å². The Morgan fingerprint density at radius 3 is 2.46 bits per heavy atom. The third kappa shape index (κ3) is 4.06. The molecule has 2 fully saturated rings. The zero-order valence-corrected chi connectivity index (χ0v) is 14.7. The average Bonchev–Trinajstić information content (AvgIpc) is 3.37. The Morgan fingerprint density at radius 1 is 1.12 bits per heavy atom. The molecule has 0 bridgehead atoms. The number of aromatic nitrogens is 1. The zero-order valence-electron chi connectivity index (χ0n) is 13.9. The fourth-order valence-corrected chi connectivity index (χ4v) is 4.26. The Labute approximate surface area is 146 Å². The Bertz CT molecular complexity index is 598. The summed E-state index contributed by atoms with van der Waals surface area (Å²) in [5.74, 6) is 0.844. The third-order valence-corrected chi connectivity index (χ3v) is 5.55. The molecule has 4 heterocycles. The van der Waals surface area contributed by atoms with Crippen molar-refractivity contribution in [2.24, 2.45) is 0 Å². The molecular formula is C18H24N2O3S. The van der Waals surface area contributed by atoms with E-state index in [1.807, 2.05) is 12.1 Å². The summed E-state index contributed by atoms with van der Waals surface area (Å²) < 4.78 is 17.1. The van der Waals surface area contributed by atoms with Crippen molar-refractivity contribution in [2.45, 2.75) is 44.4 Å². The average molecular weight is 348 g/mol. The van der Waals surface area contributed by atoms with Gasteiger partial charge in [0, 0.05) is 38.2 Å². The van der Waals surface area contributed by atoms with E-state index in [-0.39, 0.29) is 0 Å². The van der Waals surface area contributed by atoms with Crippen molar-refractivity contribution >= 4 is 11.3 Å². The van der Waals surface area contributed by atoms with Gasteiger partial charge in [0.05, 0.1) is 24.2 Å². The Balaban J connectivity index is 1.41. The molecule has 24 heavy (non-hydrogen) atoms. The van der Waals surface area contributed by atoms with Crippen LogP contribution in [0.5, 0.6) is 0 Å². The van der Waals surface area contributed by atoms with Gasteiger partial charge in [0.15, 0.2) is 10.8 Å². The first-order valence-electron chi connectivity index (χ1n) is 8.80. The lowest BCUT2D eigenvalue weighted by molar-refractivity contribution is 0.0342. The number of thiazole rings is 1. The maximum absolute atomic E-state index is 5.83. The lowest BCUT2D eigenvalue weighted by atomic mass is 10.2. The van der Waals surface area contributed by atoms with E-state index < -0.39 is 0 Å². The molecule has 0 aliphatic carbocycles. The smallest absolute Gasteiger partial charge is 0.162 e. The zero-order chi connectivity index (χ0) is 16.2. The second kappa shape index (κ2) is 7.78. The first kappa shape index (κ1) is 16.3. The van der Waals surface area contributed by atoms with Gasteiger partial charge >= 0.3 is 0 Å². The number of ether oxygens (including phenoxy) is 2. The number of nitrogens with zero attached hydrogens (tertiary/aromatic N) is 2. The van der Waals surface area contributed by atoms with Crippen LogP contribution in [-0.2, 0) is 16.0 Å². The van der Waals surface area contributed by atoms with Crippen LogP contribution in [0.1, 0.15) is 31.4 Å². The molecule has 0 saturated carbocycles. The highest BCUT2D eigenvalue weighted by atomic mass is 32.1. The molecule has 2 atom stereocenters. The van der Waals surface area contributed by atoms with Gasteiger partial charge in [0.1, 0.15) is 0 Å². The van der Waals surface area contributed by atoms with Crippen molar-refractivity contribution in [1.82, 2.24) is 9.88 Å². The van der Waals surface area contributed by atoms with Gasteiger partial charge in [-0.2, -0.15) is 0 Å². The standard InChI is InChI=1S/C18H24N2O3S/c1-4-15(21-7-1)11-20(12-16-5-2-8-22-16)10-14-13-24-18(19-14)17-6-3-9-23-17/h3,6,9,13,15-16H,1-2,4-5,7-8,10-12H2. The number of furan rings is 1. The molecule has 0 spiro atoms. The van der Waals surface area contributed by atoms with Crippen LogP contribution >= 0.6 is 11.3 Å². The SMILES string of the molecule is c1coc(-c2nc(CN(CC3CCCO3)CC3CCCO3)cs2)c1. The predicted molar refractivity (Wildman–Crippen MR) is 93.0 cm³/mol. The minimum atomic E-state index is 0.356. The van der Waals surface area contributed by atoms with E-state index in [1.165, 1.54) is 12.8 Å². The second-order valence-electron chi connectivity index (χ2n) is 6.59. The Hall–Kier alpha value is -1.21. The van der Waals surface area contributed by atoms with Crippen LogP contribution in [0.2, 0.25) is 0 Å². The highest BCUT2D eigenvalue weighted by Gasteiger charge is 2.24. The molecule has 2 aliphatic rings. The highest BCUT2D eigenvalue weighted by Crippen LogP contribution is 2.25. The van der Waals surface area contributed by atoms with Gasteiger partial charge in [-0.05, 0) is 37.8 Å². The fraction of sp³-hybridized carbons (Fsp3) is 0.611. The van der Waals surface area contributed by atoms with E-state index in [9.17, 15) is 0 Å². The molecule has 6 heteroatoms. The minimum absolute atomic E-state index is 0.356. The molecule has 2 unspecified atom stereocenters.